The number of nitrogens with zero attached hydrogens (tertiary/aromatic N) is 1. The molecule has 2 aromatic rings. The molecule has 0 aromatic heterocycles. The van der Waals surface area contributed by atoms with Gasteiger partial charge >= 0.3 is 5.97 Å². The molecule has 0 saturated heterocycles. The third kappa shape index (κ3) is 2.94. The van der Waals surface area contributed by atoms with Crippen LogP contribution in [-0.4, -0.2) is 16.0 Å². The second kappa shape index (κ2) is 5.70. The lowest BCUT2D eigenvalue weighted by atomic mass is 10.2. The van der Waals surface area contributed by atoms with Crippen LogP contribution in [0, 0.1) is 15.9 Å². The monoisotopic (exact) mass is 293 g/mol. The zero-order valence-electron chi connectivity index (χ0n) is 9.95. The minimum absolute atomic E-state index is 0.0381. The zero-order chi connectivity index (χ0) is 14.7. The van der Waals surface area contributed by atoms with Crippen LogP contribution in [-0.2, 0) is 0 Å². The van der Waals surface area contributed by atoms with Crippen LogP contribution in [0.15, 0.2) is 52.3 Å². The first-order valence-electron chi connectivity index (χ1n) is 5.43. The van der Waals surface area contributed by atoms with Gasteiger partial charge in [-0.05, 0) is 24.3 Å². The van der Waals surface area contributed by atoms with E-state index < -0.39 is 22.4 Å². The summed E-state index contributed by atoms with van der Waals surface area (Å²) in [7, 11) is 0. The number of nitro benzene ring substituents is 1. The molecular weight excluding hydrogens is 285 g/mol. The molecule has 0 aliphatic carbocycles. The highest BCUT2D eigenvalue weighted by Gasteiger charge is 2.18. The number of carbonyl (C=O) groups is 1. The summed E-state index contributed by atoms with van der Waals surface area (Å²) in [6, 6.07) is 9.30. The van der Waals surface area contributed by atoms with Gasteiger partial charge in [0.2, 0.25) is 0 Å². The van der Waals surface area contributed by atoms with E-state index in [0.29, 0.717) is 4.90 Å². The van der Waals surface area contributed by atoms with Crippen molar-refractivity contribution in [3.05, 3.63) is 64.0 Å². The molecule has 0 radical (unpaired) electrons. The summed E-state index contributed by atoms with van der Waals surface area (Å²) in [6.07, 6.45) is 0. The van der Waals surface area contributed by atoms with Crippen molar-refractivity contribution in [3.63, 3.8) is 0 Å². The van der Waals surface area contributed by atoms with Crippen LogP contribution in [0.25, 0.3) is 0 Å². The van der Waals surface area contributed by atoms with E-state index in [-0.39, 0.29) is 10.5 Å². The van der Waals surface area contributed by atoms with E-state index in [2.05, 4.69) is 0 Å². The van der Waals surface area contributed by atoms with Gasteiger partial charge < -0.3 is 5.11 Å². The maximum Gasteiger partial charge on any atom is 0.336 e. The van der Waals surface area contributed by atoms with Crippen molar-refractivity contribution in [3.8, 4) is 0 Å². The van der Waals surface area contributed by atoms with E-state index >= 15 is 0 Å². The summed E-state index contributed by atoms with van der Waals surface area (Å²) in [5.41, 5.74) is -0.355. The van der Waals surface area contributed by atoms with E-state index in [1.165, 1.54) is 12.1 Å². The topological polar surface area (TPSA) is 80.4 Å². The van der Waals surface area contributed by atoms with Crippen molar-refractivity contribution in [2.45, 2.75) is 9.79 Å². The molecule has 0 unspecified atom stereocenters. The molecule has 0 aliphatic rings. The fourth-order valence-electron chi connectivity index (χ4n) is 1.57. The standard InChI is InChI=1S/C13H8FNO4S/c14-8-5-6-12(10(7-8)15(18)19)20-11-4-2-1-3-9(11)13(16)17/h1-7H,(H,16,17). The molecule has 0 fully saturated rings. The van der Waals surface area contributed by atoms with E-state index in [4.69, 9.17) is 5.11 Å². The first-order valence-corrected chi connectivity index (χ1v) is 6.25. The molecule has 0 amide bonds. The van der Waals surface area contributed by atoms with Crippen LogP contribution >= 0.6 is 11.8 Å². The summed E-state index contributed by atoms with van der Waals surface area (Å²) in [6.45, 7) is 0. The van der Waals surface area contributed by atoms with Crippen LogP contribution in [0.4, 0.5) is 10.1 Å². The third-order valence-electron chi connectivity index (χ3n) is 2.46. The lowest BCUT2D eigenvalue weighted by Crippen LogP contribution is -1.98. The minimum atomic E-state index is -1.13. The number of hydrogen-bond donors (Lipinski definition) is 1. The fraction of sp³-hybridized carbons (Fsp3) is 0. The Labute approximate surface area is 117 Å². The Bertz CT molecular complexity index is 690. The van der Waals surface area contributed by atoms with Gasteiger partial charge in [-0.1, -0.05) is 23.9 Å². The molecule has 0 saturated carbocycles. The van der Waals surface area contributed by atoms with Crippen LogP contribution in [0.2, 0.25) is 0 Å². The second-order valence-corrected chi connectivity index (χ2v) is 4.86. The molecule has 0 spiro atoms. The van der Waals surface area contributed by atoms with Gasteiger partial charge in [0.25, 0.3) is 5.69 Å². The van der Waals surface area contributed by atoms with Crippen molar-refractivity contribution in [1.82, 2.24) is 0 Å². The number of carboxylic acids is 1. The first kappa shape index (κ1) is 14.0. The highest BCUT2D eigenvalue weighted by molar-refractivity contribution is 7.99. The van der Waals surface area contributed by atoms with E-state index in [0.717, 1.165) is 23.9 Å². The predicted molar refractivity (Wildman–Crippen MR) is 70.6 cm³/mol. The van der Waals surface area contributed by atoms with Gasteiger partial charge in [0.1, 0.15) is 5.82 Å². The van der Waals surface area contributed by atoms with Gasteiger partial charge in [-0.3, -0.25) is 10.1 Å². The summed E-state index contributed by atoms with van der Waals surface area (Å²) in [4.78, 5) is 21.8. The number of carboxylic acid groups (broad SMARTS) is 1. The predicted octanol–water partition coefficient (Wildman–Crippen LogP) is 3.58. The van der Waals surface area contributed by atoms with Gasteiger partial charge in [-0.15, -0.1) is 0 Å². The molecule has 2 aromatic carbocycles. The van der Waals surface area contributed by atoms with Crippen LogP contribution in [0.1, 0.15) is 10.4 Å². The van der Waals surface area contributed by atoms with E-state index in [1.54, 1.807) is 18.2 Å². The average Bonchev–Trinajstić information content (AvgIpc) is 2.41. The number of benzene rings is 2. The maximum atomic E-state index is 13.0. The quantitative estimate of drug-likeness (QED) is 0.688. The molecule has 20 heavy (non-hydrogen) atoms. The Balaban J connectivity index is 2.45. The third-order valence-corrected chi connectivity index (χ3v) is 3.60. The molecule has 102 valence electrons. The molecule has 0 atom stereocenters. The second-order valence-electron chi connectivity index (χ2n) is 3.77. The van der Waals surface area contributed by atoms with Crippen LogP contribution < -0.4 is 0 Å². The van der Waals surface area contributed by atoms with Crippen LogP contribution in [0.5, 0.6) is 0 Å². The van der Waals surface area contributed by atoms with E-state index in [1.807, 2.05) is 0 Å². The summed E-state index contributed by atoms with van der Waals surface area (Å²) < 4.78 is 13.0. The normalized spacial score (nSPS) is 10.2. The molecule has 2 rings (SSSR count). The van der Waals surface area contributed by atoms with Crippen molar-refractivity contribution in [2.24, 2.45) is 0 Å². The Morgan fingerprint density at radius 3 is 2.55 bits per heavy atom. The summed E-state index contributed by atoms with van der Waals surface area (Å²) >= 11 is 0.917. The van der Waals surface area contributed by atoms with E-state index in [9.17, 15) is 19.3 Å². The van der Waals surface area contributed by atoms with Crippen molar-refractivity contribution in [2.75, 3.05) is 0 Å². The average molecular weight is 293 g/mol. The fourth-order valence-corrected chi connectivity index (χ4v) is 2.59. The zero-order valence-corrected chi connectivity index (χ0v) is 10.8. The van der Waals surface area contributed by atoms with Gasteiger partial charge in [0, 0.05) is 4.90 Å². The highest BCUT2D eigenvalue weighted by atomic mass is 32.2. The highest BCUT2D eigenvalue weighted by Crippen LogP contribution is 2.36. The number of nitro groups is 1. The molecule has 5 nitrogen and oxygen atoms in total. The maximum absolute atomic E-state index is 13.0. The molecule has 7 heteroatoms. The molecule has 0 heterocycles. The smallest absolute Gasteiger partial charge is 0.336 e. The van der Waals surface area contributed by atoms with Crippen molar-refractivity contribution < 1.29 is 19.2 Å². The minimum Gasteiger partial charge on any atom is -0.478 e. The first-order chi connectivity index (χ1) is 9.49. The summed E-state index contributed by atoms with van der Waals surface area (Å²) in [5.74, 6) is -1.84. The van der Waals surface area contributed by atoms with Gasteiger partial charge in [-0.2, -0.15) is 0 Å². The molecule has 0 aliphatic heterocycles. The molecular formula is C13H8FNO4S. The van der Waals surface area contributed by atoms with Gasteiger partial charge in [0.15, 0.2) is 0 Å². The lowest BCUT2D eigenvalue weighted by Gasteiger charge is -2.06. The Morgan fingerprint density at radius 2 is 1.90 bits per heavy atom. The Morgan fingerprint density at radius 1 is 1.20 bits per heavy atom. The van der Waals surface area contributed by atoms with Gasteiger partial charge in [-0.25, -0.2) is 9.18 Å². The van der Waals surface area contributed by atoms with Crippen LogP contribution in [0.3, 0.4) is 0 Å². The largest absolute Gasteiger partial charge is 0.478 e. The number of halogens is 1. The SMILES string of the molecule is O=C(O)c1ccccc1Sc1ccc(F)cc1[N+](=O)[O-]. The number of hydrogen-bond acceptors (Lipinski definition) is 4. The van der Waals surface area contributed by atoms with Gasteiger partial charge in [0.05, 0.1) is 21.4 Å². The Hall–Kier alpha value is -2.41. The van der Waals surface area contributed by atoms with Crippen molar-refractivity contribution >= 4 is 23.4 Å². The summed E-state index contributed by atoms with van der Waals surface area (Å²) in [5, 5.41) is 20.0. The lowest BCUT2D eigenvalue weighted by molar-refractivity contribution is -0.387. The van der Waals surface area contributed by atoms with Crippen molar-refractivity contribution in [1.29, 1.82) is 0 Å². The number of aromatic carboxylic acids is 1. The molecule has 0 bridgehead atoms. The Kier molecular flexibility index (Phi) is 3.99. The molecule has 1 N–H and O–H groups in total. The number of rotatable bonds is 4.